The van der Waals surface area contributed by atoms with Gasteiger partial charge >= 0.3 is 0 Å². The number of hydrogen-bond acceptors (Lipinski definition) is 4. The van der Waals surface area contributed by atoms with Crippen LogP contribution in [0.25, 0.3) is 0 Å². The SMILES string of the molecule is CCN(CC)S(=O)(=O)N1CCN(C(=O)C2CC(=O)N(C3CC3)C2)CC1. The van der Waals surface area contributed by atoms with E-state index in [-0.39, 0.29) is 17.7 Å². The zero-order chi connectivity index (χ0) is 18.2. The Balaban J connectivity index is 1.55. The summed E-state index contributed by atoms with van der Waals surface area (Å²) in [6.07, 6.45) is 2.40. The lowest BCUT2D eigenvalue weighted by Crippen LogP contribution is -2.55. The minimum atomic E-state index is -3.45. The third-order valence-electron chi connectivity index (χ3n) is 5.40. The van der Waals surface area contributed by atoms with Gasteiger partial charge in [0.1, 0.15) is 0 Å². The highest BCUT2D eigenvalue weighted by molar-refractivity contribution is 7.86. The third-order valence-corrected chi connectivity index (χ3v) is 7.59. The van der Waals surface area contributed by atoms with Crippen LogP contribution in [0.2, 0.25) is 0 Å². The summed E-state index contributed by atoms with van der Waals surface area (Å²) in [6.45, 7) is 6.49. The van der Waals surface area contributed by atoms with Crippen molar-refractivity contribution < 1.29 is 18.0 Å². The predicted octanol–water partition coefficient (Wildman–Crippen LogP) is -0.272. The van der Waals surface area contributed by atoms with Gasteiger partial charge in [-0.1, -0.05) is 13.8 Å². The van der Waals surface area contributed by atoms with Gasteiger partial charge in [0.15, 0.2) is 0 Å². The van der Waals surface area contributed by atoms with Crippen LogP contribution in [0.1, 0.15) is 33.1 Å². The summed E-state index contributed by atoms with van der Waals surface area (Å²) in [5.74, 6) is -0.181. The van der Waals surface area contributed by atoms with E-state index in [2.05, 4.69) is 0 Å². The number of likely N-dealkylation sites (tertiary alicyclic amines) is 1. The summed E-state index contributed by atoms with van der Waals surface area (Å²) in [5.41, 5.74) is 0. The summed E-state index contributed by atoms with van der Waals surface area (Å²) >= 11 is 0. The van der Waals surface area contributed by atoms with Crippen LogP contribution in [0.4, 0.5) is 0 Å². The maximum Gasteiger partial charge on any atom is 0.282 e. The molecule has 1 atom stereocenters. The number of hydrogen-bond donors (Lipinski definition) is 0. The van der Waals surface area contributed by atoms with Crippen LogP contribution < -0.4 is 0 Å². The Morgan fingerprint density at radius 1 is 1.12 bits per heavy atom. The largest absolute Gasteiger partial charge is 0.340 e. The first-order chi connectivity index (χ1) is 11.9. The molecular weight excluding hydrogens is 344 g/mol. The molecule has 2 amide bonds. The zero-order valence-electron chi connectivity index (χ0n) is 15.1. The number of rotatable bonds is 6. The predicted molar refractivity (Wildman–Crippen MR) is 92.8 cm³/mol. The van der Waals surface area contributed by atoms with Gasteiger partial charge in [-0.15, -0.1) is 0 Å². The van der Waals surface area contributed by atoms with Crippen molar-refractivity contribution in [1.29, 1.82) is 0 Å². The number of carbonyl (C=O) groups excluding carboxylic acids is 2. The highest BCUT2D eigenvalue weighted by Gasteiger charge is 2.43. The van der Waals surface area contributed by atoms with Crippen molar-refractivity contribution in [2.45, 2.75) is 39.2 Å². The lowest BCUT2D eigenvalue weighted by atomic mass is 10.1. The lowest BCUT2D eigenvalue weighted by Gasteiger charge is -2.37. The van der Waals surface area contributed by atoms with E-state index in [1.54, 1.807) is 4.90 Å². The molecule has 8 nitrogen and oxygen atoms in total. The van der Waals surface area contributed by atoms with Gasteiger partial charge in [0.05, 0.1) is 5.92 Å². The van der Waals surface area contributed by atoms with Gasteiger partial charge in [-0.05, 0) is 12.8 Å². The van der Waals surface area contributed by atoms with Crippen LogP contribution in [0, 0.1) is 5.92 Å². The van der Waals surface area contributed by atoms with Crippen molar-refractivity contribution in [3.8, 4) is 0 Å². The normalized spacial score (nSPS) is 25.9. The van der Waals surface area contributed by atoms with Crippen molar-refractivity contribution in [3.05, 3.63) is 0 Å². The summed E-state index contributed by atoms with van der Waals surface area (Å²) in [6, 6.07) is 0.348. The molecule has 0 aromatic rings. The Bertz CT molecular complexity index is 622. The second-order valence-electron chi connectivity index (χ2n) is 6.99. The first-order valence-corrected chi connectivity index (χ1v) is 10.6. The quantitative estimate of drug-likeness (QED) is 0.643. The van der Waals surface area contributed by atoms with Crippen LogP contribution in [0.5, 0.6) is 0 Å². The number of amides is 2. The Kier molecular flexibility index (Phi) is 5.36. The molecule has 0 aromatic carbocycles. The second kappa shape index (κ2) is 7.20. The topological polar surface area (TPSA) is 81.2 Å². The molecule has 2 saturated heterocycles. The molecule has 2 heterocycles. The zero-order valence-corrected chi connectivity index (χ0v) is 15.9. The van der Waals surface area contributed by atoms with Gasteiger partial charge in [0.2, 0.25) is 11.8 Å². The molecular formula is C16H28N4O4S. The molecule has 3 aliphatic rings. The Morgan fingerprint density at radius 3 is 2.24 bits per heavy atom. The fraction of sp³-hybridized carbons (Fsp3) is 0.875. The number of piperazine rings is 1. The molecule has 25 heavy (non-hydrogen) atoms. The molecule has 0 bridgehead atoms. The monoisotopic (exact) mass is 372 g/mol. The van der Waals surface area contributed by atoms with Crippen LogP contribution in [0.15, 0.2) is 0 Å². The van der Waals surface area contributed by atoms with Crippen LogP contribution >= 0.6 is 0 Å². The van der Waals surface area contributed by atoms with E-state index >= 15 is 0 Å². The minimum Gasteiger partial charge on any atom is -0.340 e. The van der Waals surface area contributed by atoms with Crippen molar-refractivity contribution in [2.24, 2.45) is 5.92 Å². The molecule has 0 radical (unpaired) electrons. The van der Waals surface area contributed by atoms with Gasteiger partial charge in [-0.2, -0.15) is 17.0 Å². The Hall–Kier alpha value is -1.19. The molecule has 1 saturated carbocycles. The fourth-order valence-electron chi connectivity index (χ4n) is 3.75. The number of carbonyl (C=O) groups is 2. The van der Waals surface area contributed by atoms with Crippen molar-refractivity contribution in [2.75, 3.05) is 45.8 Å². The number of nitrogens with zero attached hydrogens (tertiary/aromatic N) is 4. The van der Waals surface area contributed by atoms with Gasteiger partial charge in [-0.25, -0.2) is 0 Å². The van der Waals surface area contributed by atoms with Crippen LogP contribution in [-0.2, 0) is 19.8 Å². The molecule has 3 fully saturated rings. The molecule has 0 aromatic heterocycles. The van der Waals surface area contributed by atoms with E-state index in [4.69, 9.17) is 0 Å². The van der Waals surface area contributed by atoms with Gasteiger partial charge in [-0.3, -0.25) is 9.59 Å². The minimum absolute atomic E-state index is 0.00335. The van der Waals surface area contributed by atoms with Crippen molar-refractivity contribution in [3.63, 3.8) is 0 Å². The smallest absolute Gasteiger partial charge is 0.282 e. The maximum atomic E-state index is 12.7. The fourth-order valence-corrected chi connectivity index (χ4v) is 5.35. The van der Waals surface area contributed by atoms with E-state index in [1.807, 2.05) is 18.7 Å². The van der Waals surface area contributed by atoms with Gasteiger partial charge in [0.25, 0.3) is 10.2 Å². The molecule has 9 heteroatoms. The first-order valence-electron chi connectivity index (χ1n) is 9.22. The molecule has 1 aliphatic carbocycles. The summed E-state index contributed by atoms with van der Waals surface area (Å²) in [5, 5.41) is 0. The van der Waals surface area contributed by atoms with Crippen molar-refractivity contribution >= 4 is 22.0 Å². The van der Waals surface area contributed by atoms with Crippen LogP contribution in [0.3, 0.4) is 0 Å². The van der Waals surface area contributed by atoms with Crippen LogP contribution in [-0.4, -0.2) is 90.5 Å². The Morgan fingerprint density at radius 2 is 1.72 bits per heavy atom. The van der Waals surface area contributed by atoms with E-state index < -0.39 is 10.2 Å². The third kappa shape index (κ3) is 3.68. The van der Waals surface area contributed by atoms with Crippen molar-refractivity contribution in [1.82, 2.24) is 18.4 Å². The molecule has 2 aliphatic heterocycles. The average molecular weight is 372 g/mol. The van der Waals surface area contributed by atoms with E-state index in [1.165, 1.54) is 8.61 Å². The highest BCUT2D eigenvalue weighted by atomic mass is 32.2. The molecule has 3 rings (SSSR count). The average Bonchev–Trinajstić information content (AvgIpc) is 3.37. The van der Waals surface area contributed by atoms with Gasteiger partial charge in [0, 0.05) is 58.3 Å². The first kappa shape index (κ1) is 18.6. The lowest BCUT2D eigenvalue weighted by molar-refractivity contribution is -0.137. The highest BCUT2D eigenvalue weighted by Crippen LogP contribution is 2.33. The second-order valence-corrected chi connectivity index (χ2v) is 8.92. The summed E-state index contributed by atoms with van der Waals surface area (Å²) in [7, 11) is -3.45. The molecule has 0 N–H and O–H groups in total. The molecule has 142 valence electrons. The van der Waals surface area contributed by atoms with E-state index in [0.29, 0.717) is 58.3 Å². The molecule has 1 unspecified atom stereocenters. The van der Waals surface area contributed by atoms with E-state index in [9.17, 15) is 18.0 Å². The standard InChI is InChI=1S/C16H28N4O4S/c1-3-18(4-2)25(23,24)19-9-7-17(8-10-19)16(22)13-11-15(21)20(12-13)14-5-6-14/h13-14H,3-12H2,1-2H3. The molecule has 0 spiro atoms. The summed E-state index contributed by atoms with van der Waals surface area (Å²) < 4.78 is 28.0. The van der Waals surface area contributed by atoms with Gasteiger partial charge < -0.3 is 9.80 Å². The maximum absolute atomic E-state index is 12.7. The summed E-state index contributed by atoms with van der Waals surface area (Å²) in [4.78, 5) is 28.3. The van der Waals surface area contributed by atoms with E-state index in [0.717, 1.165) is 12.8 Å². The Labute approximate surface area is 149 Å².